The average molecular weight is 454 g/mol. The number of anilines is 1. The van der Waals surface area contributed by atoms with E-state index in [9.17, 15) is 32.6 Å². The van der Waals surface area contributed by atoms with Crippen LogP contribution in [0, 0.1) is 5.82 Å². The van der Waals surface area contributed by atoms with Crippen LogP contribution in [0.25, 0.3) is 0 Å². The number of aliphatic hydroxyl groups is 1. The average Bonchev–Trinajstić information content (AvgIpc) is 2.58. The number of hydrogen-bond acceptors (Lipinski definition) is 3. The van der Waals surface area contributed by atoms with E-state index in [4.69, 9.17) is 23.2 Å². The Balaban J connectivity index is 2.45. The molecular formula is C19H17Cl2F4NO3. The topological polar surface area (TPSA) is 69.6 Å². The molecule has 2 aromatic carbocycles. The Morgan fingerprint density at radius 1 is 1.10 bits per heavy atom. The van der Waals surface area contributed by atoms with Crippen LogP contribution in [-0.2, 0) is 10.2 Å². The largest absolute Gasteiger partial charge is 0.508 e. The summed E-state index contributed by atoms with van der Waals surface area (Å²) in [6, 6.07) is 6.51. The normalized spacial score (nSPS) is 14.4. The first-order valence-corrected chi connectivity index (χ1v) is 8.97. The van der Waals surface area contributed by atoms with E-state index in [2.05, 4.69) is 0 Å². The zero-order chi connectivity index (χ0) is 22.2. The molecule has 0 fully saturated rings. The minimum atomic E-state index is -5.39. The highest BCUT2D eigenvalue weighted by Crippen LogP contribution is 2.44. The number of phenolic OH excluding ortho intramolecular Hbond substituents is 1. The van der Waals surface area contributed by atoms with Crippen LogP contribution >= 0.6 is 23.2 Å². The van der Waals surface area contributed by atoms with Crippen LogP contribution < -0.4 is 5.32 Å². The van der Waals surface area contributed by atoms with E-state index in [0.29, 0.717) is 0 Å². The number of halogens is 6. The Hall–Kier alpha value is -2.03. The number of rotatable bonds is 5. The molecule has 1 amide bonds. The van der Waals surface area contributed by atoms with Gasteiger partial charge in [-0.25, -0.2) is 4.39 Å². The van der Waals surface area contributed by atoms with Crippen LogP contribution in [0.5, 0.6) is 5.75 Å². The van der Waals surface area contributed by atoms with Crippen molar-refractivity contribution in [2.45, 2.75) is 37.5 Å². The molecule has 0 saturated heterocycles. The molecule has 0 saturated carbocycles. The maximum absolute atomic E-state index is 13.8. The molecule has 0 aliphatic heterocycles. The van der Waals surface area contributed by atoms with Gasteiger partial charge in [-0.3, -0.25) is 4.79 Å². The van der Waals surface area contributed by atoms with Crippen LogP contribution in [0.3, 0.4) is 0 Å². The molecule has 2 aromatic rings. The predicted octanol–water partition coefficient (Wildman–Crippen LogP) is 5.44. The number of benzene rings is 2. The number of amides is 1. The molecular weight excluding hydrogens is 437 g/mol. The zero-order valence-corrected chi connectivity index (χ0v) is 16.8. The van der Waals surface area contributed by atoms with Crippen molar-refractivity contribution >= 4 is 34.8 Å². The second-order valence-electron chi connectivity index (χ2n) is 7.16. The van der Waals surface area contributed by atoms with Gasteiger partial charge in [-0.1, -0.05) is 37.0 Å². The van der Waals surface area contributed by atoms with Crippen molar-refractivity contribution in [2.24, 2.45) is 0 Å². The first-order chi connectivity index (χ1) is 13.2. The van der Waals surface area contributed by atoms with E-state index in [1.54, 1.807) is 0 Å². The molecule has 3 N–H and O–H groups in total. The Bertz CT molecular complexity index is 934. The number of phenols is 1. The van der Waals surface area contributed by atoms with Gasteiger partial charge in [-0.2, -0.15) is 13.2 Å². The summed E-state index contributed by atoms with van der Waals surface area (Å²) in [4.78, 5) is 12.5. The summed E-state index contributed by atoms with van der Waals surface area (Å²) in [5.41, 5.74) is -5.95. The maximum atomic E-state index is 13.8. The molecule has 4 nitrogen and oxygen atoms in total. The molecule has 10 heteroatoms. The first kappa shape index (κ1) is 23.3. The second kappa shape index (κ2) is 8.01. The third-order valence-corrected chi connectivity index (χ3v) is 4.97. The van der Waals surface area contributed by atoms with Gasteiger partial charge in [-0.05, 0) is 41.8 Å². The molecule has 0 bridgehead atoms. The van der Waals surface area contributed by atoms with Gasteiger partial charge in [0.25, 0.3) is 5.91 Å². The molecule has 0 aliphatic rings. The van der Waals surface area contributed by atoms with Crippen LogP contribution in [-0.4, -0.2) is 27.9 Å². The highest BCUT2D eigenvalue weighted by molar-refractivity contribution is 6.35. The molecule has 1 unspecified atom stereocenters. The predicted molar refractivity (Wildman–Crippen MR) is 102 cm³/mol. The Labute approximate surface area is 174 Å². The third kappa shape index (κ3) is 4.94. The van der Waals surface area contributed by atoms with Crippen LogP contribution in [0.1, 0.15) is 25.8 Å². The molecule has 0 aromatic heterocycles. The fraction of sp³-hybridized carbons (Fsp3) is 0.316. The van der Waals surface area contributed by atoms with E-state index in [1.807, 2.05) is 5.32 Å². The number of hydrogen-bond donors (Lipinski definition) is 3. The summed E-state index contributed by atoms with van der Waals surface area (Å²) in [6.07, 6.45) is -6.59. The Morgan fingerprint density at radius 2 is 1.72 bits per heavy atom. The monoisotopic (exact) mass is 453 g/mol. The number of nitrogens with one attached hydrogen (secondary N) is 1. The maximum Gasteiger partial charge on any atom is 0.426 e. The van der Waals surface area contributed by atoms with Gasteiger partial charge in [0.15, 0.2) is 0 Å². The molecule has 0 aliphatic carbocycles. The quantitative estimate of drug-likeness (QED) is 0.528. The highest BCUT2D eigenvalue weighted by Gasteiger charge is 2.61. The number of aromatic hydroxyl groups is 1. The van der Waals surface area contributed by atoms with Gasteiger partial charge in [0, 0.05) is 17.0 Å². The van der Waals surface area contributed by atoms with Gasteiger partial charge in [0.05, 0.1) is 10.7 Å². The summed E-state index contributed by atoms with van der Waals surface area (Å²) < 4.78 is 54.8. The number of carbonyl (C=O) groups excluding carboxylic acids is 1. The van der Waals surface area contributed by atoms with Crippen molar-refractivity contribution in [3.8, 4) is 5.75 Å². The number of carbonyl (C=O) groups is 1. The molecule has 0 radical (unpaired) electrons. The SMILES string of the molecule is CC(C)(CC(O)(C(=O)Nc1cc(Cl)ccc1Cl)C(F)(F)F)c1cc(F)ccc1O. The fourth-order valence-electron chi connectivity index (χ4n) is 2.91. The minimum Gasteiger partial charge on any atom is -0.508 e. The lowest BCUT2D eigenvalue weighted by molar-refractivity contribution is -0.254. The van der Waals surface area contributed by atoms with Crippen molar-refractivity contribution in [1.29, 1.82) is 0 Å². The fourth-order valence-corrected chi connectivity index (χ4v) is 3.25. The third-order valence-electron chi connectivity index (χ3n) is 4.41. The number of alkyl halides is 3. The Morgan fingerprint density at radius 3 is 2.31 bits per heavy atom. The van der Waals surface area contributed by atoms with Gasteiger partial charge in [0.2, 0.25) is 5.60 Å². The molecule has 0 spiro atoms. The van der Waals surface area contributed by atoms with Crippen LogP contribution in [0.2, 0.25) is 10.0 Å². The second-order valence-corrected chi connectivity index (χ2v) is 8.00. The van der Waals surface area contributed by atoms with E-state index in [0.717, 1.165) is 24.3 Å². The standard InChI is InChI=1S/C19H17Cl2F4NO3/c1-17(2,12-8-11(22)4-6-15(12)27)9-18(29,19(23,24)25)16(28)26-14-7-10(20)3-5-13(14)21/h3-8,27,29H,9H2,1-2H3,(H,26,28). The summed E-state index contributed by atoms with van der Waals surface area (Å²) in [5, 5.41) is 22.3. The smallest absolute Gasteiger partial charge is 0.426 e. The summed E-state index contributed by atoms with van der Waals surface area (Å²) >= 11 is 11.6. The van der Waals surface area contributed by atoms with Crippen LogP contribution in [0.15, 0.2) is 36.4 Å². The van der Waals surface area contributed by atoms with E-state index < -0.39 is 41.1 Å². The Kier molecular flexibility index (Phi) is 6.42. The molecule has 158 valence electrons. The van der Waals surface area contributed by atoms with E-state index in [1.165, 1.54) is 26.0 Å². The van der Waals surface area contributed by atoms with Crippen molar-refractivity contribution < 1.29 is 32.6 Å². The summed E-state index contributed by atoms with van der Waals surface area (Å²) in [7, 11) is 0. The van der Waals surface area contributed by atoms with Crippen LogP contribution in [0.4, 0.5) is 23.2 Å². The van der Waals surface area contributed by atoms with Crippen molar-refractivity contribution in [3.63, 3.8) is 0 Å². The van der Waals surface area contributed by atoms with Gasteiger partial charge < -0.3 is 15.5 Å². The summed E-state index contributed by atoms with van der Waals surface area (Å²) in [6.45, 7) is 2.47. The molecule has 2 rings (SSSR count). The highest BCUT2D eigenvalue weighted by atomic mass is 35.5. The van der Waals surface area contributed by atoms with E-state index in [-0.39, 0.29) is 21.3 Å². The van der Waals surface area contributed by atoms with Gasteiger partial charge in [-0.15, -0.1) is 0 Å². The van der Waals surface area contributed by atoms with Gasteiger partial charge >= 0.3 is 6.18 Å². The summed E-state index contributed by atoms with van der Waals surface area (Å²) in [5.74, 6) is -3.06. The molecule has 1 atom stereocenters. The lowest BCUT2D eigenvalue weighted by atomic mass is 9.74. The van der Waals surface area contributed by atoms with E-state index >= 15 is 0 Å². The van der Waals surface area contributed by atoms with Gasteiger partial charge in [0.1, 0.15) is 11.6 Å². The molecule has 0 heterocycles. The minimum absolute atomic E-state index is 0.0886. The lowest BCUT2D eigenvalue weighted by Crippen LogP contribution is -2.57. The molecule has 29 heavy (non-hydrogen) atoms. The first-order valence-electron chi connectivity index (χ1n) is 8.22. The lowest BCUT2D eigenvalue weighted by Gasteiger charge is -2.37. The zero-order valence-electron chi connectivity index (χ0n) is 15.2. The van der Waals surface area contributed by atoms with Crippen molar-refractivity contribution in [1.82, 2.24) is 0 Å². The van der Waals surface area contributed by atoms with Crippen molar-refractivity contribution in [2.75, 3.05) is 5.32 Å². The van der Waals surface area contributed by atoms with Crippen molar-refractivity contribution in [3.05, 3.63) is 57.8 Å².